The number of rotatable bonds is 3. The molecule has 0 radical (unpaired) electrons. The summed E-state index contributed by atoms with van der Waals surface area (Å²) in [6.07, 6.45) is 0. The summed E-state index contributed by atoms with van der Waals surface area (Å²) in [5.74, 6) is -0.565. The zero-order valence-electron chi connectivity index (χ0n) is 9.84. The average Bonchev–Trinajstić information content (AvgIpc) is 2.41. The lowest BCUT2D eigenvalue weighted by atomic mass is 10.2. The number of H-pyrrole nitrogens is 1. The van der Waals surface area contributed by atoms with Gasteiger partial charge in [0, 0.05) is 0 Å². The minimum atomic E-state index is -0.657. The number of nitrogens with zero attached hydrogens (tertiary/aromatic N) is 2. The van der Waals surface area contributed by atoms with Gasteiger partial charge in [-0.3, -0.25) is 14.2 Å². The Morgan fingerprint density at radius 2 is 2.11 bits per heavy atom. The second-order valence-corrected chi connectivity index (χ2v) is 3.80. The van der Waals surface area contributed by atoms with Crippen molar-refractivity contribution in [3.05, 3.63) is 45.1 Å². The van der Waals surface area contributed by atoms with Crippen LogP contribution in [0.4, 0.5) is 0 Å². The molecule has 0 atom stereocenters. The molecule has 0 bridgehead atoms. The second kappa shape index (κ2) is 5.18. The molecule has 0 saturated heterocycles. The predicted molar refractivity (Wildman–Crippen MR) is 67.5 cm³/mol. The summed E-state index contributed by atoms with van der Waals surface area (Å²) in [5, 5.41) is 10.9. The number of benzene rings is 1. The van der Waals surface area contributed by atoms with Crippen LogP contribution in [-0.4, -0.2) is 22.0 Å². The molecule has 7 nitrogen and oxygen atoms in total. The number of aromatic amines is 1. The molecule has 0 unspecified atom stereocenters. The minimum Gasteiger partial charge on any atom is -0.341 e. The monoisotopic (exact) mass is 258 g/mol. The van der Waals surface area contributed by atoms with E-state index >= 15 is 0 Å². The SMILES string of the molecule is N#CCNC(=O)Cn1c(=O)[nH]c2ccccc2c1=O. The van der Waals surface area contributed by atoms with E-state index in [1.807, 2.05) is 0 Å². The lowest BCUT2D eigenvalue weighted by Gasteiger charge is -2.05. The van der Waals surface area contributed by atoms with Crippen molar-refractivity contribution in [1.82, 2.24) is 14.9 Å². The fraction of sp³-hybridized carbons (Fsp3) is 0.167. The summed E-state index contributed by atoms with van der Waals surface area (Å²) in [6, 6.07) is 8.28. The van der Waals surface area contributed by atoms with Crippen molar-refractivity contribution in [2.75, 3.05) is 6.54 Å². The van der Waals surface area contributed by atoms with E-state index in [0.29, 0.717) is 10.9 Å². The van der Waals surface area contributed by atoms with Gasteiger partial charge in [-0.05, 0) is 12.1 Å². The first-order chi connectivity index (χ1) is 9.13. The summed E-state index contributed by atoms with van der Waals surface area (Å²) < 4.78 is 0.801. The van der Waals surface area contributed by atoms with Gasteiger partial charge in [-0.2, -0.15) is 5.26 Å². The van der Waals surface area contributed by atoms with Gasteiger partial charge in [0.15, 0.2) is 0 Å². The highest BCUT2D eigenvalue weighted by molar-refractivity contribution is 5.78. The van der Waals surface area contributed by atoms with Crippen molar-refractivity contribution < 1.29 is 4.79 Å². The van der Waals surface area contributed by atoms with E-state index in [-0.39, 0.29) is 6.54 Å². The number of fused-ring (bicyclic) bond motifs is 1. The first kappa shape index (κ1) is 12.6. The normalized spacial score (nSPS) is 10.1. The van der Waals surface area contributed by atoms with Crippen molar-refractivity contribution in [3.63, 3.8) is 0 Å². The van der Waals surface area contributed by atoms with E-state index in [1.165, 1.54) is 0 Å². The lowest BCUT2D eigenvalue weighted by molar-refractivity contribution is -0.121. The number of hydrogen-bond acceptors (Lipinski definition) is 4. The number of nitrogens with one attached hydrogen (secondary N) is 2. The van der Waals surface area contributed by atoms with Gasteiger partial charge in [0.25, 0.3) is 5.56 Å². The number of amides is 1. The summed E-state index contributed by atoms with van der Waals surface area (Å²) >= 11 is 0. The molecule has 0 aliphatic heterocycles. The van der Waals surface area contributed by atoms with Crippen molar-refractivity contribution >= 4 is 16.8 Å². The van der Waals surface area contributed by atoms with Crippen LogP contribution in [0.25, 0.3) is 10.9 Å². The minimum absolute atomic E-state index is 0.168. The van der Waals surface area contributed by atoms with Crippen LogP contribution in [0, 0.1) is 11.3 Å². The maximum atomic E-state index is 12.1. The molecule has 0 spiro atoms. The van der Waals surface area contributed by atoms with Crippen molar-refractivity contribution in [3.8, 4) is 6.07 Å². The van der Waals surface area contributed by atoms with Crippen molar-refractivity contribution in [2.45, 2.75) is 6.54 Å². The third-order valence-corrected chi connectivity index (χ3v) is 2.56. The van der Waals surface area contributed by atoms with Gasteiger partial charge >= 0.3 is 5.69 Å². The van der Waals surface area contributed by atoms with Gasteiger partial charge in [0.1, 0.15) is 13.1 Å². The number of carbonyl (C=O) groups is 1. The van der Waals surface area contributed by atoms with Gasteiger partial charge in [-0.25, -0.2) is 4.79 Å². The van der Waals surface area contributed by atoms with Crippen LogP contribution in [0.15, 0.2) is 33.9 Å². The second-order valence-electron chi connectivity index (χ2n) is 3.80. The van der Waals surface area contributed by atoms with Crippen LogP contribution in [-0.2, 0) is 11.3 Å². The van der Waals surface area contributed by atoms with E-state index < -0.39 is 23.7 Å². The molecule has 2 rings (SSSR count). The fourth-order valence-corrected chi connectivity index (χ4v) is 1.68. The lowest BCUT2D eigenvalue weighted by Crippen LogP contribution is -2.40. The van der Waals surface area contributed by atoms with E-state index in [9.17, 15) is 14.4 Å². The molecule has 7 heteroatoms. The Morgan fingerprint density at radius 3 is 2.84 bits per heavy atom. The summed E-state index contributed by atoms with van der Waals surface area (Å²) in [6.45, 7) is -0.584. The Kier molecular flexibility index (Phi) is 3.43. The summed E-state index contributed by atoms with van der Waals surface area (Å²) in [4.78, 5) is 37.7. The van der Waals surface area contributed by atoms with Gasteiger partial charge in [0.2, 0.25) is 5.91 Å². The van der Waals surface area contributed by atoms with Gasteiger partial charge < -0.3 is 10.3 Å². The van der Waals surface area contributed by atoms with Crippen LogP contribution < -0.4 is 16.6 Å². The highest BCUT2D eigenvalue weighted by Gasteiger charge is 2.10. The Bertz CT molecular complexity index is 782. The van der Waals surface area contributed by atoms with Gasteiger partial charge in [-0.15, -0.1) is 0 Å². The van der Waals surface area contributed by atoms with Crippen LogP contribution in [0.5, 0.6) is 0 Å². The average molecular weight is 258 g/mol. The number of para-hydroxylation sites is 1. The zero-order chi connectivity index (χ0) is 13.8. The Hall–Kier alpha value is -2.88. The molecule has 1 amide bonds. The molecular formula is C12H10N4O3. The largest absolute Gasteiger partial charge is 0.341 e. The third kappa shape index (κ3) is 2.52. The number of hydrogen-bond donors (Lipinski definition) is 2. The maximum absolute atomic E-state index is 12.1. The van der Waals surface area contributed by atoms with Crippen LogP contribution in [0.2, 0.25) is 0 Å². The van der Waals surface area contributed by atoms with E-state index in [0.717, 1.165) is 4.57 Å². The van der Waals surface area contributed by atoms with Gasteiger partial charge in [0.05, 0.1) is 17.0 Å². The van der Waals surface area contributed by atoms with Crippen LogP contribution in [0.3, 0.4) is 0 Å². The molecule has 2 aromatic rings. The topological polar surface area (TPSA) is 108 Å². The molecule has 1 aromatic heterocycles. The standard InChI is InChI=1S/C12H10N4O3/c13-5-6-14-10(17)7-16-11(18)8-3-1-2-4-9(8)15-12(16)19/h1-4H,6-7H2,(H,14,17)(H,15,19). The fourth-order valence-electron chi connectivity index (χ4n) is 1.68. The van der Waals surface area contributed by atoms with Crippen molar-refractivity contribution in [1.29, 1.82) is 5.26 Å². The van der Waals surface area contributed by atoms with Gasteiger partial charge in [-0.1, -0.05) is 12.1 Å². The summed E-state index contributed by atoms with van der Waals surface area (Å²) in [7, 11) is 0. The molecular weight excluding hydrogens is 248 g/mol. The highest BCUT2D eigenvalue weighted by atomic mass is 16.2. The van der Waals surface area contributed by atoms with E-state index in [4.69, 9.17) is 5.26 Å². The molecule has 1 heterocycles. The third-order valence-electron chi connectivity index (χ3n) is 2.56. The molecule has 0 aliphatic rings. The quantitative estimate of drug-likeness (QED) is 0.712. The molecule has 1 aromatic carbocycles. The first-order valence-corrected chi connectivity index (χ1v) is 5.49. The number of carbonyl (C=O) groups excluding carboxylic acids is 1. The maximum Gasteiger partial charge on any atom is 0.329 e. The molecule has 19 heavy (non-hydrogen) atoms. The molecule has 0 fully saturated rings. The van der Waals surface area contributed by atoms with Crippen LogP contribution in [0.1, 0.15) is 0 Å². The molecule has 0 aliphatic carbocycles. The first-order valence-electron chi connectivity index (χ1n) is 5.49. The Balaban J connectivity index is 2.45. The Labute approximate surface area is 107 Å². The van der Waals surface area contributed by atoms with E-state index in [1.54, 1.807) is 30.3 Å². The van der Waals surface area contributed by atoms with Crippen molar-refractivity contribution in [2.24, 2.45) is 0 Å². The van der Waals surface area contributed by atoms with Crippen LogP contribution >= 0.6 is 0 Å². The zero-order valence-corrected chi connectivity index (χ0v) is 9.84. The molecule has 2 N–H and O–H groups in total. The highest BCUT2D eigenvalue weighted by Crippen LogP contribution is 2.02. The number of nitriles is 1. The number of aromatic nitrogens is 2. The van der Waals surface area contributed by atoms with E-state index in [2.05, 4.69) is 10.3 Å². The molecule has 0 saturated carbocycles. The Morgan fingerprint density at radius 1 is 1.37 bits per heavy atom. The summed E-state index contributed by atoms with van der Waals surface area (Å²) in [5.41, 5.74) is -0.770. The predicted octanol–water partition coefficient (Wildman–Crippen LogP) is -0.670. The molecule has 96 valence electrons. The smallest absolute Gasteiger partial charge is 0.329 e.